The van der Waals surface area contributed by atoms with Crippen LogP contribution >= 0.6 is 11.8 Å². The van der Waals surface area contributed by atoms with Gasteiger partial charge < -0.3 is 10.2 Å². The highest BCUT2D eigenvalue weighted by Crippen LogP contribution is 2.32. The smallest absolute Gasteiger partial charge is 0.283 e. The third-order valence-electron chi connectivity index (χ3n) is 5.41. The summed E-state index contributed by atoms with van der Waals surface area (Å²) < 4.78 is 13.5. The van der Waals surface area contributed by atoms with Crippen molar-refractivity contribution < 1.29 is 18.8 Å². The van der Waals surface area contributed by atoms with Gasteiger partial charge in [0.25, 0.3) is 5.91 Å². The van der Waals surface area contributed by atoms with Crippen LogP contribution in [0.4, 0.5) is 21.5 Å². The Labute approximate surface area is 205 Å². The van der Waals surface area contributed by atoms with E-state index in [4.69, 9.17) is 0 Å². The summed E-state index contributed by atoms with van der Waals surface area (Å²) in [6, 6.07) is 21.9. The zero-order valence-corrected chi connectivity index (χ0v) is 19.2. The number of anilines is 3. The molecule has 35 heavy (non-hydrogen) atoms. The maximum Gasteiger partial charge on any atom is 0.283 e. The Bertz CT molecular complexity index is 1370. The molecule has 0 atom stereocenters. The maximum absolute atomic E-state index is 13.5. The first-order chi connectivity index (χ1) is 17.0. The molecule has 0 aliphatic carbocycles. The number of amidine groups is 1. The van der Waals surface area contributed by atoms with Gasteiger partial charge in [0.05, 0.1) is 22.8 Å². The van der Waals surface area contributed by atoms with Gasteiger partial charge in [0.15, 0.2) is 5.17 Å². The molecule has 1 N–H and O–H groups in total. The Morgan fingerprint density at radius 1 is 1.00 bits per heavy atom. The minimum Gasteiger partial charge on any atom is -0.323 e. The highest BCUT2D eigenvalue weighted by atomic mass is 32.2. The lowest BCUT2D eigenvalue weighted by Crippen LogP contribution is -2.43. The second kappa shape index (κ2) is 9.55. The first kappa shape index (κ1) is 22.5. The van der Waals surface area contributed by atoms with Crippen molar-refractivity contribution in [3.63, 3.8) is 0 Å². The van der Waals surface area contributed by atoms with E-state index in [2.05, 4.69) is 10.3 Å². The number of fused-ring (bicyclic) bond motifs is 1. The van der Waals surface area contributed by atoms with Crippen LogP contribution in [-0.4, -0.2) is 35.2 Å². The van der Waals surface area contributed by atoms with E-state index >= 15 is 0 Å². The Morgan fingerprint density at radius 3 is 2.49 bits per heavy atom. The molecule has 7 nitrogen and oxygen atoms in total. The van der Waals surface area contributed by atoms with Crippen molar-refractivity contribution in [2.45, 2.75) is 0 Å². The summed E-state index contributed by atoms with van der Waals surface area (Å²) in [5.74, 6) is -1.44. The van der Waals surface area contributed by atoms with E-state index in [-0.39, 0.29) is 35.7 Å². The van der Waals surface area contributed by atoms with Crippen molar-refractivity contribution in [1.29, 1.82) is 0 Å². The molecule has 3 aromatic carbocycles. The number of benzene rings is 3. The largest absolute Gasteiger partial charge is 0.323 e. The molecule has 0 saturated carbocycles. The van der Waals surface area contributed by atoms with Gasteiger partial charge in [-0.2, -0.15) is 0 Å². The number of hydrogen-bond donors (Lipinski definition) is 1. The third kappa shape index (κ3) is 4.71. The number of rotatable bonds is 4. The van der Waals surface area contributed by atoms with Gasteiger partial charge in [-0.25, -0.2) is 9.38 Å². The summed E-state index contributed by atoms with van der Waals surface area (Å²) in [7, 11) is 0. The first-order valence-electron chi connectivity index (χ1n) is 10.8. The quantitative estimate of drug-likeness (QED) is 0.558. The predicted octanol–water partition coefficient (Wildman–Crippen LogP) is 4.29. The van der Waals surface area contributed by atoms with E-state index in [1.54, 1.807) is 30.3 Å². The number of aliphatic imine (C=N–C) groups is 1. The first-order valence-corrected chi connectivity index (χ1v) is 11.8. The fourth-order valence-electron chi connectivity index (χ4n) is 3.78. The van der Waals surface area contributed by atoms with Gasteiger partial charge in [-0.05, 0) is 48.0 Å². The van der Waals surface area contributed by atoms with Crippen molar-refractivity contribution in [1.82, 2.24) is 0 Å². The van der Waals surface area contributed by atoms with E-state index in [1.807, 2.05) is 30.3 Å². The van der Waals surface area contributed by atoms with Crippen molar-refractivity contribution in [3.05, 3.63) is 95.9 Å². The summed E-state index contributed by atoms with van der Waals surface area (Å²) in [4.78, 5) is 45.7. The molecule has 2 heterocycles. The number of carbonyl (C=O) groups is 3. The van der Waals surface area contributed by atoms with E-state index in [1.165, 1.54) is 34.1 Å². The summed E-state index contributed by atoms with van der Waals surface area (Å²) in [5, 5.41) is 3.05. The summed E-state index contributed by atoms with van der Waals surface area (Å²) in [6.07, 6.45) is 1.67. The summed E-state index contributed by atoms with van der Waals surface area (Å²) in [5.41, 5.74) is 2.63. The second-order valence-corrected chi connectivity index (χ2v) is 8.73. The molecule has 0 fully saturated rings. The number of amides is 3. The molecule has 9 heteroatoms. The molecule has 2 aliphatic rings. The summed E-state index contributed by atoms with van der Waals surface area (Å²) in [6.45, 7) is -0.0946. The van der Waals surface area contributed by atoms with Gasteiger partial charge in [-0.15, -0.1) is 0 Å². The lowest BCUT2D eigenvalue weighted by atomic mass is 10.2. The van der Waals surface area contributed by atoms with Crippen LogP contribution in [0.5, 0.6) is 0 Å². The zero-order chi connectivity index (χ0) is 24.4. The number of nitrogens with one attached hydrogen (secondary N) is 1. The SMILES string of the molecule is O=C1CN(C(=O)CSC2=N/C(=C/c3ccccc3)C(=O)N2c2ccc(F)cc2)c2ccccc2N1. The Hall–Kier alpha value is -4.24. The maximum atomic E-state index is 13.5. The minimum atomic E-state index is -0.427. The number of para-hydroxylation sites is 2. The van der Waals surface area contributed by atoms with Gasteiger partial charge >= 0.3 is 0 Å². The summed E-state index contributed by atoms with van der Waals surface area (Å²) >= 11 is 1.08. The van der Waals surface area contributed by atoms with E-state index in [0.717, 1.165) is 17.3 Å². The second-order valence-electron chi connectivity index (χ2n) is 7.79. The lowest BCUT2D eigenvalue weighted by Gasteiger charge is -2.29. The Kier molecular flexibility index (Phi) is 6.15. The van der Waals surface area contributed by atoms with E-state index < -0.39 is 5.82 Å². The average Bonchev–Trinajstić information content (AvgIpc) is 3.17. The van der Waals surface area contributed by atoms with Crippen molar-refractivity contribution in [3.8, 4) is 0 Å². The minimum absolute atomic E-state index is 0.0515. The van der Waals surface area contributed by atoms with Crippen molar-refractivity contribution in [2.24, 2.45) is 4.99 Å². The normalized spacial score (nSPS) is 16.3. The van der Waals surface area contributed by atoms with Crippen LogP contribution in [-0.2, 0) is 14.4 Å². The number of halogens is 1. The molecule has 5 rings (SSSR count). The fourth-order valence-corrected chi connectivity index (χ4v) is 4.67. The number of nitrogens with zero attached hydrogens (tertiary/aromatic N) is 3. The van der Waals surface area contributed by atoms with Gasteiger partial charge in [-0.3, -0.25) is 19.3 Å². The average molecular weight is 487 g/mol. The van der Waals surface area contributed by atoms with Crippen LogP contribution in [0.3, 0.4) is 0 Å². The number of carbonyl (C=O) groups excluding carboxylic acids is 3. The van der Waals surface area contributed by atoms with Crippen LogP contribution in [0.15, 0.2) is 89.6 Å². The molecule has 0 saturated heterocycles. The predicted molar refractivity (Wildman–Crippen MR) is 136 cm³/mol. The molecule has 0 radical (unpaired) electrons. The number of thioether (sulfide) groups is 1. The highest BCUT2D eigenvalue weighted by Gasteiger charge is 2.33. The monoisotopic (exact) mass is 486 g/mol. The van der Waals surface area contributed by atoms with Crippen LogP contribution < -0.4 is 15.1 Å². The topological polar surface area (TPSA) is 82.1 Å². The fraction of sp³-hybridized carbons (Fsp3) is 0.0769. The molecule has 2 aliphatic heterocycles. The molecule has 174 valence electrons. The number of hydrogen-bond acceptors (Lipinski definition) is 5. The molecule has 0 aromatic heterocycles. The molecule has 3 amide bonds. The van der Waals surface area contributed by atoms with E-state index in [0.29, 0.717) is 22.2 Å². The Morgan fingerprint density at radius 2 is 1.71 bits per heavy atom. The molecule has 0 unspecified atom stereocenters. The zero-order valence-electron chi connectivity index (χ0n) is 18.3. The van der Waals surface area contributed by atoms with Gasteiger partial charge in [0.1, 0.15) is 18.1 Å². The lowest BCUT2D eigenvalue weighted by molar-refractivity contribution is -0.120. The molecular weight excluding hydrogens is 467 g/mol. The van der Waals surface area contributed by atoms with Crippen LogP contribution in [0.2, 0.25) is 0 Å². The molecule has 3 aromatic rings. The van der Waals surface area contributed by atoms with Crippen LogP contribution in [0.25, 0.3) is 6.08 Å². The van der Waals surface area contributed by atoms with Crippen LogP contribution in [0, 0.1) is 5.82 Å². The van der Waals surface area contributed by atoms with E-state index in [9.17, 15) is 18.8 Å². The van der Waals surface area contributed by atoms with Gasteiger partial charge in [0, 0.05) is 0 Å². The molecule has 0 bridgehead atoms. The van der Waals surface area contributed by atoms with Gasteiger partial charge in [-0.1, -0.05) is 54.2 Å². The van der Waals surface area contributed by atoms with Crippen molar-refractivity contribution >= 4 is 57.8 Å². The van der Waals surface area contributed by atoms with Gasteiger partial charge in [0.2, 0.25) is 11.8 Å². The van der Waals surface area contributed by atoms with Crippen molar-refractivity contribution in [2.75, 3.05) is 27.4 Å². The third-order valence-corrected chi connectivity index (χ3v) is 6.34. The standard InChI is InChI=1S/C26H19FN4O3S/c27-18-10-12-19(13-11-18)31-25(34)21(14-17-6-2-1-3-7-17)29-26(31)35-16-24(33)30-15-23(32)28-20-8-4-5-9-22(20)30/h1-14H,15-16H2,(H,28,32)/b21-14+. The molecular formula is C26H19FN4O3S. The Balaban J connectivity index is 1.42. The van der Waals surface area contributed by atoms with Crippen LogP contribution in [0.1, 0.15) is 5.56 Å². The molecule has 0 spiro atoms. The highest BCUT2D eigenvalue weighted by molar-refractivity contribution is 8.14.